The van der Waals surface area contributed by atoms with E-state index in [0.717, 1.165) is 47.0 Å². The van der Waals surface area contributed by atoms with Gasteiger partial charge >= 0.3 is 0 Å². The van der Waals surface area contributed by atoms with E-state index in [1.165, 1.54) is 0 Å². The van der Waals surface area contributed by atoms with Crippen LogP contribution in [-0.4, -0.2) is 17.8 Å². The second kappa shape index (κ2) is 5.17. The van der Waals surface area contributed by atoms with Crippen molar-refractivity contribution in [2.24, 2.45) is 0 Å². The molecule has 2 atom stereocenters. The molecule has 108 valence electrons. The van der Waals surface area contributed by atoms with Crippen LogP contribution < -0.4 is 0 Å². The topological polar surface area (TPSA) is 42.6 Å². The van der Waals surface area contributed by atoms with E-state index in [1.54, 1.807) is 0 Å². The van der Waals surface area contributed by atoms with Crippen LogP contribution in [0, 0.1) is 0 Å². The van der Waals surface area contributed by atoms with Crippen LogP contribution in [0.15, 0.2) is 46.9 Å². The molecule has 0 aliphatic carbocycles. The predicted molar refractivity (Wildman–Crippen MR) is 82.3 cm³/mol. The van der Waals surface area contributed by atoms with Gasteiger partial charge in [0.1, 0.15) is 11.2 Å². The Morgan fingerprint density at radius 2 is 1.95 bits per heavy atom. The Balaban J connectivity index is 1.70. The molecule has 3 nitrogen and oxygen atoms in total. The van der Waals surface area contributed by atoms with Crippen LogP contribution in [0.1, 0.15) is 30.9 Å². The molecule has 0 radical (unpaired) electrons. The number of rotatable bonds is 3. The van der Waals surface area contributed by atoms with Gasteiger partial charge in [-0.3, -0.25) is 0 Å². The van der Waals surface area contributed by atoms with E-state index in [0.29, 0.717) is 6.42 Å². The van der Waals surface area contributed by atoms with Gasteiger partial charge in [-0.25, -0.2) is 0 Å². The molecule has 1 fully saturated rings. The normalized spacial score (nSPS) is 20.3. The van der Waals surface area contributed by atoms with Crippen LogP contribution in [0.25, 0.3) is 21.9 Å². The summed E-state index contributed by atoms with van der Waals surface area (Å²) in [5.74, 6) is 0. The molecular weight excluding hydrogens is 264 g/mol. The second-order valence-corrected chi connectivity index (χ2v) is 5.74. The summed E-state index contributed by atoms with van der Waals surface area (Å²) in [7, 11) is 0. The van der Waals surface area contributed by atoms with Crippen LogP contribution >= 0.6 is 0 Å². The Bertz CT molecular complexity index is 768. The summed E-state index contributed by atoms with van der Waals surface area (Å²) < 4.78 is 11.4. The van der Waals surface area contributed by atoms with Gasteiger partial charge in [0.25, 0.3) is 0 Å². The fraction of sp³-hybridized carbons (Fsp3) is 0.333. The third-order valence-electron chi connectivity index (χ3n) is 4.30. The molecule has 0 amide bonds. The lowest BCUT2D eigenvalue weighted by atomic mass is 10.00. The van der Waals surface area contributed by atoms with E-state index in [-0.39, 0.29) is 6.10 Å². The van der Waals surface area contributed by atoms with Gasteiger partial charge in [-0.05, 0) is 36.6 Å². The number of fused-ring (bicyclic) bond motifs is 3. The molecule has 2 heterocycles. The van der Waals surface area contributed by atoms with Crippen molar-refractivity contribution in [2.75, 3.05) is 6.61 Å². The Morgan fingerprint density at radius 3 is 2.81 bits per heavy atom. The van der Waals surface area contributed by atoms with Gasteiger partial charge < -0.3 is 14.3 Å². The molecule has 21 heavy (non-hydrogen) atoms. The highest BCUT2D eigenvalue weighted by Crippen LogP contribution is 2.32. The van der Waals surface area contributed by atoms with Crippen LogP contribution in [0.4, 0.5) is 0 Å². The van der Waals surface area contributed by atoms with E-state index in [2.05, 4.69) is 6.07 Å². The lowest BCUT2D eigenvalue weighted by molar-refractivity contribution is 0.0535. The quantitative estimate of drug-likeness (QED) is 0.783. The number of hydrogen-bond acceptors (Lipinski definition) is 3. The molecule has 1 aromatic heterocycles. The summed E-state index contributed by atoms with van der Waals surface area (Å²) in [5.41, 5.74) is 2.69. The molecule has 0 saturated carbocycles. The highest BCUT2D eigenvalue weighted by molar-refractivity contribution is 6.04. The highest BCUT2D eigenvalue weighted by atomic mass is 16.5. The fourth-order valence-electron chi connectivity index (χ4n) is 3.17. The zero-order valence-corrected chi connectivity index (χ0v) is 11.8. The summed E-state index contributed by atoms with van der Waals surface area (Å²) in [5, 5.41) is 12.6. The van der Waals surface area contributed by atoms with Gasteiger partial charge in [0, 0.05) is 23.8 Å². The summed E-state index contributed by atoms with van der Waals surface area (Å²) >= 11 is 0. The van der Waals surface area contributed by atoms with Gasteiger partial charge in [-0.1, -0.05) is 24.3 Å². The first kappa shape index (κ1) is 12.9. The standard InChI is InChI=1S/C18H18O3/c19-16(11-13-4-3-9-20-13)12-7-8-18-15(10-12)14-5-1-2-6-17(14)21-18/h1-2,5-8,10,13,16,19H,3-4,9,11H2. The molecule has 1 aliphatic heterocycles. The third kappa shape index (κ3) is 2.33. The molecule has 0 bridgehead atoms. The minimum atomic E-state index is -0.480. The van der Waals surface area contributed by atoms with Gasteiger partial charge in [0.2, 0.25) is 0 Å². The monoisotopic (exact) mass is 282 g/mol. The van der Waals surface area contributed by atoms with Crippen LogP contribution in [0.5, 0.6) is 0 Å². The average Bonchev–Trinajstić information content (AvgIpc) is 3.13. The molecule has 3 aromatic rings. The molecule has 1 aliphatic rings. The summed E-state index contributed by atoms with van der Waals surface area (Å²) in [6.45, 7) is 0.822. The molecule has 1 saturated heterocycles. The minimum Gasteiger partial charge on any atom is -0.456 e. The summed E-state index contributed by atoms with van der Waals surface area (Å²) in [6.07, 6.45) is 2.53. The Labute approximate surface area is 123 Å². The maximum atomic E-state index is 10.4. The van der Waals surface area contributed by atoms with Crippen LogP contribution in [-0.2, 0) is 4.74 Å². The van der Waals surface area contributed by atoms with E-state index >= 15 is 0 Å². The number of furan rings is 1. The van der Waals surface area contributed by atoms with Crippen molar-refractivity contribution in [3.8, 4) is 0 Å². The lowest BCUT2D eigenvalue weighted by Crippen LogP contribution is -2.11. The molecule has 2 unspecified atom stereocenters. The molecular formula is C18H18O3. The largest absolute Gasteiger partial charge is 0.456 e. The first-order valence-electron chi connectivity index (χ1n) is 7.52. The lowest BCUT2D eigenvalue weighted by Gasteiger charge is -2.15. The number of benzene rings is 2. The zero-order valence-electron chi connectivity index (χ0n) is 11.8. The highest BCUT2D eigenvalue weighted by Gasteiger charge is 2.21. The van der Waals surface area contributed by atoms with Crippen molar-refractivity contribution >= 4 is 21.9 Å². The van der Waals surface area contributed by atoms with Crippen molar-refractivity contribution in [3.05, 3.63) is 48.0 Å². The average molecular weight is 282 g/mol. The maximum absolute atomic E-state index is 10.4. The first-order valence-corrected chi connectivity index (χ1v) is 7.52. The number of ether oxygens (including phenoxy) is 1. The molecule has 1 N–H and O–H groups in total. The molecule has 2 aromatic carbocycles. The Morgan fingerprint density at radius 1 is 1.10 bits per heavy atom. The summed E-state index contributed by atoms with van der Waals surface area (Å²) in [6, 6.07) is 13.9. The van der Waals surface area contributed by atoms with Gasteiger partial charge in [-0.15, -0.1) is 0 Å². The van der Waals surface area contributed by atoms with Crippen molar-refractivity contribution in [2.45, 2.75) is 31.5 Å². The zero-order chi connectivity index (χ0) is 14.2. The molecule has 4 rings (SSSR count). The van der Waals surface area contributed by atoms with E-state index in [4.69, 9.17) is 9.15 Å². The third-order valence-corrected chi connectivity index (χ3v) is 4.30. The van der Waals surface area contributed by atoms with Crippen molar-refractivity contribution < 1.29 is 14.3 Å². The number of hydrogen-bond donors (Lipinski definition) is 1. The molecule has 0 spiro atoms. The Kier molecular flexibility index (Phi) is 3.17. The van der Waals surface area contributed by atoms with Gasteiger partial charge in [0.05, 0.1) is 12.2 Å². The van der Waals surface area contributed by atoms with Crippen molar-refractivity contribution in [1.82, 2.24) is 0 Å². The number of para-hydroxylation sites is 1. The summed E-state index contributed by atoms with van der Waals surface area (Å²) in [4.78, 5) is 0. The van der Waals surface area contributed by atoms with Gasteiger partial charge in [0.15, 0.2) is 0 Å². The van der Waals surface area contributed by atoms with Gasteiger partial charge in [-0.2, -0.15) is 0 Å². The minimum absolute atomic E-state index is 0.191. The molecule has 3 heteroatoms. The maximum Gasteiger partial charge on any atom is 0.135 e. The SMILES string of the molecule is OC(CC1CCCO1)c1ccc2oc3ccccc3c2c1. The van der Waals surface area contributed by atoms with E-state index in [1.807, 2.05) is 36.4 Å². The number of aliphatic hydroxyl groups is 1. The fourth-order valence-corrected chi connectivity index (χ4v) is 3.17. The van der Waals surface area contributed by atoms with E-state index in [9.17, 15) is 5.11 Å². The number of aliphatic hydroxyl groups excluding tert-OH is 1. The van der Waals surface area contributed by atoms with Crippen molar-refractivity contribution in [3.63, 3.8) is 0 Å². The van der Waals surface area contributed by atoms with Crippen LogP contribution in [0.3, 0.4) is 0 Å². The first-order chi connectivity index (χ1) is 10.3. The van der Waals surface area contributed by atoms with Crippen LogP contribution in [0.2, 0.25) is 0 Å². The Hall–Kier alpha value is -1.84. The second-order valence-electron chi connectivity index (χ2n) is 5.74. The van der Waals surface area contributed by atoms with Crippen molar-refractivity contribution in [1.29, 1.82) is 0 Å². The predicted octanol–water partition coefficient (Wildman–Crippen LogP) is 4.19. The van der Waals surface area contributed by atoms with E-state index < -0.39 is 6.10 Å². The smallest absolute Gasteiger partial charge is 0.135 e.